The highest BCUT2D eigenvalue weighted by molar-refractivity contribution is 5.51. The fraction of sp³-hybridized carbons (Fsp3) is 0.368. The lowest BCUT2D eigenvalue weighted by molar-refractivity contribution is 0.570. The van der Waals surface area contributed by atoms with Crippen LogP contribution in [0.25, 0.3) is 0 Å². The highest BCUT2D eigenvalue weighted by Crippen LogP contribution is 2.24. The van der Waals surface area contributed by atoms with Crippen LogP contribution in [0, 0.1) is 13.8 Å². The van der Waals surface area contributed by atoms with Crippen LogP contribution in [0.5, 0.6) is 0 Å². The number of rotatable bonds is 2. The lowest BCUT2D eigenvalue weighted by Gasteiger charge is -2.27. The van der Waals surface area contributed by atoms with Gasteiger partial charge in [0, 0.05) is 24.8 Å². The molecule has 1 saturated heterocycles. The summed E-state index contributed by atoms with van der Waals surface area (Å²) < 4.78 is 0. The highest BCUT2D eigenvalue weighted by atomic mass is 15.2. The van der Waals surface area contributed by atoms with E-state index in [0.717, 1.165) is 19.6 Å². The van der Waals surface area contributed by atoms with Crippen LogP contribution in [0.4, 0.5) is 5.69 Å². The Morgan fingerprint density at radius 3 is 2.57 bits per heavy atom. The van der Waals surface area contributed by atoms with E-state index < -0.39 is 0 Å². The molecule has 21 heavy (non-hydrogen) atoms. The van der Waals surface area contributed by atoms with Gasteiger partial charge in [-0.3, -0.25) is 0 Å². The maximum Gasteiger partial charge on any atom is 0.0498 e. The molecule has 1 heterocycles. The molecule has 0 aromatic heterocycles. The van der Waals surface area contributed by atoms with Gasteiger partial charge in [-0.25, -0.2) is 0 Å². The molecule has 2 nitrogen and oxygen atoms in total. The Labute approximate surface area is 127 Å². The molecular weight excluding hydrogens is 256 g/mol. The minimum Gasteiger partial charge on any atom is -0.370 e. The molecule has 1 fully saturated rings. The number of nitrogens with one attached hydrogen (secondary N) is 1. The third-order valence-electron chi connectivity index (χ3n) is 4.46. The van der Waals surface area contributed by atoms with Crippen LogP contribution in [0.2, 0.25) is 0 Å². The molecule has 0 spiro atoms. The van der Waals surface area contributed by atoms with Gasteiger partial charge < -0.3 is 10.2 Å². The number of hydrogen-bond acceptors (Lipinski definition) is 2. The van der Waals surface area contributed by atoms with Crippen LogP contribution in [0.15, 0.2) is 48.5 Å². The lowest BCUT2D eigenvalue weighted by Crippen LogP contribution is -2.31. The first kappa shape index (κ1) is 14.2. The SMILES string of the molecule is Cc1ccc(N2CCCNC(c3ccccc3)C2)cc1C. The Balaban J connectivity index is 1.83. The van der Waals surface area contributed by atoms with Crippen molar-refractivity contribution in [3.8, 4) is 0 Å². The number of aryl methyl sites for hydroxylation is 2. The van der Waals surface area contributed by atoms with E-state index in [4.69, 9.17) is 0 Å². The van der Waals surface area contributed by atoms with Crippen molar-refractivity contribution in [2.45, 2.75) is 26.3 Å². The average molecular weight is 280 g/mol. The lowest BCUT2D eigenvalue weighted by atomic mass is 10.1. The van der Waals surface area contributed by atoms with Crippen molar-refractivity contribution in [1.29, 1.82) is 0 Å². The molecule has 2 aromatic rings. The van der Waals surface area contributed by atoms with Gasteiger partial charge in [-0.1, -0.05) is 36.4 Å². The van der Waals surface area contributed by atoms with Crippen molar-refractivity contribution >= 4 is 5.69 Å². The minimum absolute atomic E-state index is 0.412. The van der Waals surface area contributed by atoms with Crippen molar-refractivity contribution in [1.82, 2.24) is 5.32 Å². The molecule has 1 unspecified atom stereocenters. The van der Waals surface area contributed by atoms with E-state index >= 15 is 0 Å². The van der Waals surface area contributed by atoms with E-state index in [-0.39, 0.29) is 0 Å². The first-order chi connectivity index (χ1) is 10.2. The van der Waals surface area contributed by atoms with Gasteiger partial charge in [0.05, 0.1) is 0 Å². The molecular formula is C19H24N2. The summed E-state index contributed by atoms with van der Waals surface area (Å²) in [5.41, 5.74) is 5.48. The van der Waals surface area contributed by atoms with Crippen LogP contribution in [-0.4, -0.2) is 19.6 Å². The zero-order valence-electron chi connectivity index (χ0n) is 13.0. The topological polar surface area (TPSA) is 15.3 Å². The summed E-state index contributed by atoms with van der Waals surface area (Å²) in [4.78, 5) is 2.52. The van der Waals surface area contributed by atoms with E-state index in [1.807, 2.05) is 0 Å². The average Bonchev–Trinajstić information content (AvgIpc) is 2.77. The van der Waals surface area contributed by atoms with Crippen LogP contribution < -0.4 is 10.2 Å². The number of hydrogen-bond donors (Lipinski definition) is 1. The van der Waals surface area contributed by atoms with E-state index in [9.17, 15) is 0 Å². The maximum absolute atomic E-state index is 3.68. The van der Waals surface area contributed by atoms with E-state index in [1.54, 1.807) is 0 Å². The first-order valence-electron chi connectivity index (χ1n) is 7.84. The van der Waals surface area contributed by atoms with Crippen molar-refractivity contribution < 1.29 is 0 Å². The highest BCUT2D eigenvalue weighted by Gasteiger charge is 2.19. The Kier molecular flexibility index (Phi) is 4.26. The smallest absolute Gasteiger partial charge is 0.0498 e. The summed E-state index contributed by atoms with van der Waals surface area (Å²) in [5.74, 6) is 0. The molecule has 2 aromatic carbocycles. The van der Waals surface area contributed by atoms with Gasteiger partial charge in [0.2, 0.25) is 0 Å². The van der Waals surface area contributed by atoms with E-state index in [0.29, 0.717) is 6.04 Å². The third-order valence-corrected chi connectivity index (χ3v) is 4.46. The van der Waals surface area contributed by atoms with Crippen LogP contribution >= 0.6 is 0 Å². The Morgan fingerprint density at radius 1 is 1.00 bits per heavy atom. The van der Waals surface area contributed by atoms with Gasteiger partial charge in [0.15, 0.2) is 0 Å². The Bertz CT molecular complexity index is 592. The third kappa shape index (κ3) is 3.27. The normalized spacial score (nSPS) is 19.3. The zero-order valence-corrected chi connectivity index (χ0v) is 13.0. The van der Waals surface area contributed by atoms with Gasteiger partial charge in [-0.2, -0.15) is 0 Å². The van der Waals surface area contributed by atoms with E-state index in [1.165, 1.54) is 28.8 Å². The molecule has 0 saturated carbocycles. The molecule has 110 valence electrons. The van der Waals surface area contributed by atoms with Crippen LogP contribution in [0.3, 0.4) is 0 Å². The fourth-order valence-corrected chi connectivity index (χ4v) is 2.99. The molecule has 1 N–H and O–H groups in total. The van der Waals surface area contributed by atoms with Crippen molar-refractivity contribution in [2.75, 3.05) is 24.5 Å². The summed E-state index contributed by atoms with van der Waals surface area (Å²) in [7, 11) is 0. The molecule has 0 aliphatic carbocycles. The Morgan fingerprint density at radius 2 is 1.81 bits per heavy atom. The summed E-state index contributed by atoms with van der Waals surface area (Å²) in [6.07, 6.45) is 1.19. The van der Waals surface area contributed by atoms with Crippen molar-refractivity contribution in [2.24, 2.45) is 0 Å². The zero-order chi connectivity index (χ0) is 14.7. The number of benzene rings is 2. The monoisotopic (exact) mass is 280 g/mol. The molecule has 0 radical (unpaired) electrons. The number of nitrogens with zero attached hydrogens (tertiary/aromatic N) is 1. The Hall–Kier alpha value is -1.80. The van der Waals surface area contributed by atoms with Crippen LogP contribution in [-0.2, 0) is 0 Å². The predicted octanol–water partition coefficient (Wildman–Crippen LogP) is 3.84. The molecule has 1 aliphatic heterocycles. The van der Waals surface area contributed by atoms with Crippen LogP contribution in [0.1, 0.15) is 29.2 Å². The quantitative estimate of drug-likeness (QED) is 0.899. The van der Waals surface area contributed by atoms with Gasteiger partial charge in [0.25, 0.3) is 0 Å². The molecule has 0 bridgehead atoms. The van der Waals surface area contributed by atoms with Crippen molar-refractivity contribution in [3.63, 3.8) is 0 Å². The van der Waals surface area contributed by atoms with Crippen molar-refractivity contribution in [3.05, 3.63) is 65.2 Å². The standard InChI is InChI=1S/C19H24N2/c1-15-9-10-18(13-16(15)2)21-12-6-11-20-19(14-21)17-7-4-3-5-8-17/h3-5,7-10,13,19-20H,6,11-12,14H2,1-2H3. The molecule has 3 rings (SSSR count). The maximum atomic E-state index is 3.68. The van der Waals surface area contributed by atoms with Gasteiger partial charge in [-0.05, 0) is 55.6 Å². The fourth-order valence-electron chi connectivity index (χ4n) is 2.99. The summed E-state index contributed by atoms with van der Waals surface area (Å²) in [5, 5.41) is 3.68. The molecule has 2 heteroatoms. The minimum atomic E-state index is 0.412. The summed E-state index contributed by atoms with van der Waals surface area (Å²) in [6.45, 7) is 7.62. The van der Waals surface area contributed by atoms with Gasteiger partial charge >= 0.3 is 0 Å². The van der Waals surface area contributed by atoms with E-state index in [2.05, 4.69) is 72.6 Å². The second-order valence-electron chi connectivity index (χ2n) is 5.99. The molecule has 0 amide bonds. The van der Waals surface area contributed by atoms with Gasteiger partial charge in [0.1, 0.15) is 0 Å². The molecule has 1 aliphatic rings. The first-order valence-corrected chi connectivity index (χ1v) is 7.84. The largest absolute Gasteiger partial charge is 0.370 e. The molecule has 1 atom stereocenters. The van der Waals surface area contributed by atoms with Gasteiger partial charge in [-0.15, -0.1) is 0 Å². The predicted molar refractivity (Wildman–Crippen MR) is 89.9 cm³/mol. The second-order valence-corrected chi connectivity index (χ2v) is 5.99. The summed E-state index contributed by atoms with van der Waals surface area (Å²) in [6, 6.07) is 18.0. The summed E-state index contributed by atoms with van der Waals surface area (Å²) >= 11 is 0. The number of anilines is 1. The second kappa shape index (κ2) is 6.31.